The van der Waals surface area contributed by atoms with Gasteiger partial charge in [0.1, 0.15) is 5.75 Å². The van der Waals surface area contributed by atoms with Crippen LogP contribution in [0.25, 0.3) is 0 Å². The SMILES string of the molecule is CC(Oc1ccc(C(C)C)cc1)C(=O)N1CCCN(C(=O)Cc2ccccc2)CC1. The third-order valence-corrected chi connectivity index (χ3v) is 5.57. The van der Waals surface area contributed by atoms with Crippen molar-refractivity contribution in [3.63, 3.8) is 0 Å². The highest BCUT2D eigenvalue weighted by molar-refractivity contribution is 5.81. The average Bonchev–Trinajstić information content (AvgIpc) is 3.00. The second-order valence-electron chi connectivity index (χ2n) is 8.21. The van der Waals surface area contributed by atoms with E-state index in [9.17, 15) is 9.59 Å². The Morgan fingerprint density at radius 1 is 0.867 bits per heavy atom. The minimum Gasteiger partial charge on any atom is -0.481 e. The van der Waals surface area contributed by atoms with Gasteiger partial charge in [-0.1, -0.05) is 56.3 Å². The highest BCUT2D eigenvalue weighted by atomic mass is 16.5. The van der Waals surface area contributed by atoms with Crippen molar-refractivity contribution in [3.05, 3.63) is 65.7 Å². The first-order valence-corrected chi connectivity index (χ1v) is 10.8. The Hall–Kier alpha value is -2.82. The largest absolute Gasteiger partial charge is 0.481 e. The van der Waals surface area contributed by atoms with Gasteiger partial charge in [-0.2, -0.15) is 0 Å². The van der Waals surface area contributed by atoms with E-state index in [2.05, 4.69) is 13.8 Å². The van der Waals surface area contributed by atoms with Crippen LogP contribution in [0, 0.1) is 0 Å². The van der Waals surface area contributed by atoms with Crippen LogP contribution in [0.1, 0.15) is 44.2 Å². The predicted octanol–water partition coefficient (Wildman–Crippen LogP) is 3.88. The quantitative estimate of drug-likeness (QED) is 0.729. The van der Waals surface area contributed by atoms with Crippen LogP contribution >= 0.6 is 0 Å². The van der Waals surface area contributed by atoms with Crippen molar-refractivity contribution >= 4 is 11.8 Å². The Labute approximate surface area is 179 Å². The lowest BCUT2D eigenvalue weighted by Crippen LogP contribution is -2.43. The molecule has 30 heavy (non-hydrogen) atoms. The lowest BCUT2D eigenvalue weighted by atomic mass is 10.0. The number of carbonyl (C=O) groups excluding carboxylic acids is 2. The van der Waals surface area contributed by atoms with Crippen molar-refractivity contribution in [2.45, 2.75) is 45.6 Å². The number of nitrogens with zero attached hydrogens (tertiary/aromatic N) is 2. The zero-order valence-corrected chi connectivity index (χ0v) is 18.2. The molecule has 2 amide bonds. The topological polar surface area (TPSA) is 49.9 Å². The van der Waals surface area contributed by atoms with Gasteiger partial charge in [-0.15, -0.1) is 0 Å². The summed E-state index contributed by atoms with van der Waals surface area (Å²) in [5.74, 6) is 1.25. The maximum Gasteiger partial charge on any atom is 0.263 e. The highest BCUT2D eigenvalue weighted by Crippen LogP contribution is 2.20. The van der Waals surface area contributed by atoms with E-state index < -0.39 is 6.10 Å². The minimum absolute atomic E-state index is 0.0275. The van der Waals surface area contributed by atoms with Gasteiger partial charge < -0.3 is 14.5 Å². The molecule has 1 unspecified atom stereocenters. The molecular formula is C25H32N2O3. The van der Waals surface area contributed by atoms with E-state index >= 15 is 0 Å². The standard InChI is InChI=1S/C25H32N2O3/c1-19(2)22-10-12-23(13-11-22)30-20(3)25(29)27-15-7-14-26(16-17-27)24(28)18-21-8-5-4-6-9-21/h4-6,8-13,19-20H,7,14-18H2,1-3H3. The van der Waals surface area contributed by atoms with Gasteiger partial charge >= 0.3 is 0 Å². The molecule has 3 rings (SSSR count). The molecule has 0 radical (unpaired) electrons. The van der Waals surface area contributed by atoms with Crippen LogP contribution in [0.15, 0.2) is 54.6 Å². The zero-order chi connectivity index (χ0) is 21.5. The fourth-order valence-corrected chi connectivity index (χ4v) is 3.71. The van der Waals surface area contributed by atoms with Gasteiger partial charge in [-0.3, -0.25) is 9.59 Å². The Balaban J connectivity index is 1.52. The smallest absolute Gasteiger partial charge is 0.263 e. The zero-order valence-electron chi connectivity index (χ0n) is 18.2. The van der Waals surface area contributed by atoms with E-state index in [0.29, 0.717) is 44.3 Å². The van der Waals surface area contributed by atoms with Crippen LogP contribution in [0.2, 0.25) is 0 Å². The Morgan fingerprint density at radius 2 is 1.50 bits per heavy atom. The summed E-state index contributed by atoms with van der Waals surface area (Å²) in [6.07, 6.45) is 0.629. The average molecular weight is 409 g/mol. The van der Waals surface area contributed by atoms with Crippen molar-refractivity contribution in [1.29, 1.82) is 0 Å². The first kappa shape index (κ1) is 21.9. The van der Waals surface area contributed by atoms with E-state index in [0.717, 1.165) is 12.0 Å². The normalized spacial score (nSPS) is 15.6. The first-order chi connectivity index (χ1) is 14.4. The summed E-state index contributed by atoms with van der Waals surface area (Å²) < 4.78 is 5.89. The van der Waals surface area contributed by atoms with E-state index in [1.165, 1.54) is 5.56 Å². The number of hydrogen-bond acceptors (Lipinski definition) is 3. The summed E-state index contributed by atoms with van der Waals surface area (Å²) in [6.45, 7) is 8.52. The Kier molecular flexibility index (Phi) is 7.50. The second kappa shape index (κ2) is 10.3. The molecule has 0 bridgehead atoms. The molecule has 1 atom stereocenters. The van der Waals surface area contributed by atoms with Crippen molar-refractivity contribution < 1.29 is 14.3 Å². The first-order valence-electron chi connectivity index (χ1n) is 10.8. The predicted molar refractivity (Wildman–Crippen MR) is 119 cm³/mol. The van der Waals surface area contributed by atoms with Gasteiger partial charge in [-0.25, -0.2) is 0 Å². The number of carbonyl (C=O) groups is 2. The number of amides is 2. The van der Waals surface area contributed by atoms with Crippen molar-refractivity contribution in [2.75, 3.05) is 26.2 Å². The van der Waals surface area contributed by atoms with Crippen LogP contribution in [0.4, 0.5) is 0 Å². The summed E-state index contributed by atoms with van der Waals surface area (Å²) in [5.41, 5.74) is 2.26. The fraction of sp³-hybridized carbons (Fsp3) is 0.440. The summed E-state index contributed by atoms with van der Waals surface area (Å²) in [7, 11) is 0. The molecule has 5 heteroatoms. The number of ether oxygens (including phenoxy) is 1. The van der Waals surface area contributed by atoms with Gasteiger partial charge in [-0.05, 0) is 42.5 Å². The van der Waals surface area contributed by atoms with Gasteiger partial charge in [0, 0.05) is 26.2 Å². The lowest BCUT2D eigenvalue weighted by Gasteiger charge is -2.25. The Bertz CT molecular complexity index is 833. The summed E-state index contributed by atoms with van der Waals surface area (Å²) >= 11 is 0. The van der Waals surface area contributed by atoms with Crippen molar-refractivity contribution in [2.24, 2.45) is 0 Å². The van der Waals surface area contributed by atoms with Gasteiger partial charge in [0.25, 0.3) is 5.91 Å². The molecule has 0 aromatic heterocycles. The molecule has 2 aromatic rings. The monoisotopic (exact) mass is 408 g/mol. The second-order valence-corrected chi connectivity index (χ2v) is 8.21. The molecule has 1 heterocycles. The van der Waals surface area contributed by atoms with Crippen LogP contribution in [0.5, 0.6) is 5.75 Å². The van der Waals surface area contributed by atoms with Crippen LogP contribution in [0.3, 0.4) is 0 Å². The molecule has 5 nitrogen and oxygen atoms in total. The number of benzene rings is 2. The highest BCUT2D eigenvalue weighted by Gasteiger charge is 2.26. The van der Waals surface area contributed by atoms with Crippen LogP contribution in [-0.4, -0.2) is 53.9 Å². The van der Waals surface area contributed by atoms with Crippen molar-refractivity contribution in [1.82, 2.24) is 9.80 Å². The van der Waals surface area contributed by atoms with E-state index in [1.54, 1.807) is 6.92 Å². The molecule has 1 aliphatic rings. The number of hydrogen-bond donors (Lipinski definition) is 0. The van der Waals surface area contributed by atoms with Crippen LogP contribution < -0.4 is 4.74 Å². The molecule has 0 spiro atoms. The Morgan fingerprint density at radius 3 is 2.17 bits per heavy atom. The van der Waals surface area contributed by atoms with Gasteiger partial charge in [0.05, 0.1) is 6.42 Å². The van der Waals surface area contributed by atoms with Crippen molar-refractivity contribution in [3.8, 4) is 5.75 Å². The third kappa shape index (κ3) is 5.85. The summed E-state index contributed by atoms with van der Waals surface area (Å²) in [4.78, 5) is 29.2. The van der Waals surface area contributed by atoms with E-state index in [1.807, 2.05) is 64.4 Å². The number of rotatable bonds is 6. The molecule has 1 fully saturated rings. The molecule has 2 aromatic carbocycles. The van der Waals surface area contributed by atoms with E-state index in [4.69, 9.17) is 4.74 Å². The molecule has 1 aliphatic heterocycles. The summed E-state index contributed by atoms with van der Waals surface area (Å²) in [6, 6.07) is 17.7. The maximum atomic E-state index is 12.9. The molecule has 0 aliphatic carbocycles. The lowest BCUT2D eigenvalue weighted by molar-refractivity contribution is -0.138. The third-order valence-electron chi connectivity index (χ3n) is 5.57. The fourth-order valence-electron chi connectivity index (χ4n) is 3.71. The summed E-state index contributed by atoms with van der Waals surface area (Å²) in [5, 5.41) is 0. The molecule has 0 saturated carbocycles. The minimum atomic E-state index is -0.554. The van der Waals surface area contributed by atoms with E-state index in [-0.39, 0.29) is 11.8 Å². The maximum absolute atomic E-state index is 12.9. The molecule has 160 valence electrons. The molecule has 0 N–H and O–H groups in total. The van der Waals surface area contributed by atoms with Gasteiger partial charge in [0.15, 0.2) is 6.10 Å². The molecule has 1 saturated heterocycles. The molecular weight excluding hydrogens is 376 g/mol. The van der Waals surface area contributed by atoms with Gasteiger partial charge in [0.2, 0.25) is 5.91 Å². The van der Waals surface area contributed by atoms with Crippen LogP contribution in [-0.2, 0) is 16.0 Å².